The lowest BCUT2D eigenvalue weighted by Gasteiger charge is -2.07. The number of carboxylic acids is 1. The fourth-order valence-electron chi connectivity index (χ4n) is 1.32. The van der Waals surface area contributed by atoms with Crippen molar-refractivity contribution in [1.29, 1.82) is 0 Å². The molecule has 0 bridgehead atoms. The lowest BCUT2D eigenvalue weighted by Crippen LogP contribution is -1.93. The second-order valence-electron chi connectivity index (χ2n) is 3.24. The van der Waals surface area contributed by atoms with Crippen LogP contribution >= 0.6 is 0 Å². The summed E-state index contributed by atoms with van der Waals surface area (Å²) in [6.07, 6.45) is 3.13. The molecule has 0 fully saturated rings. The number of aromatic hydroxyl groups is 1. The third-order valence-electron chi connectivity index (χ3n) is 2.14. The number of hydrogen-bond acceptors (Lipinski definition) is 4. The van der Waals surface area contributed by atoms with Crippen LogP contribution in [-0.4, -0.2) is 29.6 Å². The number of phenols is 1. The number of carbonyl (C=O) groups excluding carboxylic acids is 1. The molecule has 0 aliphatic carbocycles. The first-order valence-corrected chi connectivity index (χ1v) is 4.83. The molecular formula is C12H12O5. The number of carbonyl (C=O) groups is 2. The van der Waals surface area contributed by atoms with Crippen molar-refractivity contribution in [2.45, 2.75) is 6.42 Å². The molecule has 0 saturated carbocycles. The highest BCUT2D eigenvalue weighted by atomic mass is 16.5. The van der Waals surface area contributed by atoms with Gasteiger partial charge in [-0.3, -0.25) is 9.59 Å². The maximum absolute atomic E-state index is 10.8. The summed E-state index contributed by atoms with van der Waals surface area (Å²) < 4.78 is 4.90. The van der Waals surface area contributed by atoms with E-state index in [1.165, 1.54) is 31.4 Å². The molecule has 0 saturated heterocycles. The van der Waals surface area contributed by atoms with Crippen LogP contribution in [0, 0.1) is 0 Å². The number of methoxy groups -OCH3 is 1. The zero-order valence-corrected chi connectivity index (χ0v) is 9.21. The van der Waals surface area contributed by atoms with E-state index in [-0.39, 0.29) is 29.0 Å². The van der Waals surface area contributed by atoms with Gasteiger partial charge in [0.25, 0.3) is 0 Å². The summed E-state index contributed by atoms with van der Waals surface area (Å²) in [5.41, 5.74) is 0.519. The fraction of sp³-hybridized carbons (Fsp3) is 0.167. The minimum atomic E-state index is -0.990. The molecular weight excluding hydrogens is 224 g/mol. The molecule has 0 aromatic heterocycles. The number of benzene rings is 1. The topological polar surface area (TPSA) is 83.8 Å². The Morgan fingerprint density at radius 1 is 1.47 bits per heavy atom. The zero-order chi connectivity index (χ0) is 12.8. The monoisotopic (exact) mass is 236 g/mol. The number of hydrogen-bond donors (Lipinski definition) is 2. The van der Waals surface area contributed by atoms with Gasteiger partial charge in [-0.25, -0.2) is 0 Å². The maximum atomic E-state index is 10.8. The van der Waals surface area contributed by atoms with Crippen molar-refractivity contribution in [3.63, 3.8) is 0 Å². The van der Waals surface area contributed by atoms with Gasteiger partial charge in [-0.1, -0.05) is 12.2 Å². The van der Waals surface area contributed by atoms with E-state index >= 15 is 0 Å². The summed E-state index contributed by atoms with van der Waals surface area (Å²) >= 11 is 0. The second kappa shape index (κ2) is 5.69. The van der Waals surface area contributed by atoms with Crippen molar-refractivity contribution in [3.8, 4) is 11.5 Å². The van der Waals surface area contributed by atoms with Gasteiger partial charge in [-0.15, -0.1) is 0 Å². The predicted molar refractivity (Wildman–Crippen MR) is 61.3 cm³/mol. The molecule has 1 aromatic carbocycles. The highest BCUT2D eigenvalue weighted by molar-refractivity contribution is 5.85. The van der Waals surface area contributed by atoms with Crippen LogP contribution in [0.3, 0.4) is 0 Å². The van der Waals surface area contributed by atoms with Crippen molar-refractivity contribution in [3.05, 3.63) is 29.3 Å². The lowest BCUT2D eigenvalue weighted by atomic mass is 10.1. The highest BCUT2D eigenvalue weighted by Crippen LogP contribution is 2.32. The summed E-state index contributed by atoms with van der Waals surface area (Å²) in [5, 5.41) is 18.3. The lowest BCUT2D eigenvalue weighted by molar-refractivity contribution is -0.135. The first-order valence-electron chi connectivity index (χ1n) is 4.83. The van der Waals surface area contributed by atoms with Crippen molar-refractivity contribution < 1.29 is 24.5 Å². The van der Waals surface area contributed by atoms with E-state index < -0.39 is 5.97 Å². The van der Waals surface area contributed by atoms with Crippen LogP contribution in [0.4, 0.5) is 0 Å². The van der Waals surface area contributed by atoms with Crippen molar-refractivity contribution in [2.75, 3.05) is 7.11 Å². The molecule has 0 aliphatic heterocycles. The fourth-order valence-corrected chi connectivity index (χ4v) is 1.32. The Kier molecular flexibility index (Phi) is 4.28. The van der Waals surface area contributed by atoms with E-state index in [1.54, 1.807) is 0 Å². The van der Waals surface area contributed by atoms with E-state index in [4.69, 9.17) is 9.84 Å². The van der Waals surface area contributed by atoms with Crippen LogP contribution in [0.15, 0.2) is 18.2 Å². The molecule has 17 heavy (non-hydrogen) atoms. The maximum Gasteiger partial charge on any atom is 0.307 e. The molecule has 0 radical (unpaired) electrons. The molecule has 2 N–H and O–H groups in total. The molecule has 0 aliphatic rings. The Hall–Kier alpha value is -2.30. The number of aliphatic carboxylic acids is 1. The molecule has 0 unspecified atom stereocenters. The van der Waals surface area contributed by atoms with Crippen molar-refractivity contribution in [1.82, 2.24) is 0 Å². The average Bonchev–Trinajstić information content (AvgIpc) is 2.30. The van der Waals surface area contributed by atoms with Gasteiger partial charge in [0.2, 0.25) is 0 Å². The van der Waals surface area contributed by atoms with Crippen LogP contribution in [0.5, 0.6) is 11.5 Å². The number of aldehydes is 1. The Bertz CT molecular complexity index is 462. The largest absolute Gasteiger partial charge is 0.504 e. The van der Waals surface area contributed by atoms with Crippen LogP contribution in [0.2, 0.25) is 0 Å². The molecule has 1 rings (SSSR count). The molecule has 90 valence electrons. The summed E-state index contributed by atoms with van der Waals surface area (Å²) in [4.78, 5) is 21.1. The molecule has 0 amide bonds. The summed E-state index contributed by atoms with van der Waals surface area (Å²) in [6, 6.07) is 2.96. The first-order chi connectivity index (χ1) is 8.10. The van der Waals surface area contributed by atoms with E-state index in [0.717, 1.165) is 0 Å². The molecule has 5 heteroatoms. The summed E-state index contributed by atoms with van der Waals surface area (Å²) in [6.45, 7) is 0. The Morgan fingerprint density at radius 2 is 2.18 bits per heavy atom. The Morgan fingerprint density at radius 3 is 2.71 bits per heavy atom. The number of rotatable bonds is 5. The number of phenolic OH excluding ortho intramolecular Hbond substituents is 1. The summed E-state index contributed by atoms with van der Waals surface area (Å²) in [5.74, 6) is -0.944. The predicted octanol–water partition coefficient (Wildman–Crippen LogP) is 1.70. The van der Waals surface area contributed by atoms with Crippen LogP contribution in [0.25, 0.3) is 6.08 Å². The van der Waals surface area contributed by atoms with Gasteiger partial charge in [0.15, 0.2) is 17.8 Å². The van der Waals surface area contributed by atoms with Crippen molar-refractivity contribution in [2.24, 2.45) is 0 Å². The van der Waals surface area contributed by atoms with E-state index in [9.17, 15) is 14.7 Å². The summed E-state index contributed by atoms with van der Waals surface area (Å²) in [7, 11) is 1.39. The Labute approximate surface area is 98.0 Å². The van der Waals surface area contributed by atoms with Crippen LogP contribution in [0.1, 0.15) is 22.3 Å². The second-order valence-corrected chi connectivity index (χ2v) is 3.24. The molecule has 0 spiro atoms. The quantitative estimate of drug-likeness (QED) is 0.760. The standard InChI is InChI=1S/C12H12O5/c1-17-10-6-5-8(7-13)9(12(10)16)3-2-4-11(14)15/h2-3,5-7,16H,4H2,1H3,(H,14,15). The molecule has 1 aromatic rings. The van der Waals surface area contributed by atoms with Gasteiger partial charge in [-0.2, -0.15) is 0 Å². The number of ether oxygens (including phenoxy) is 1. The minimum Gasteiger partial charge on any atom is -0.504 e. The van der Waals surface area contributed by atoms with Gasteiger partial charge in [-0.05, 0) is 12.1 Å². The van der Waals surface area contributed by atoms with E-state index in [0.29, 0.717) is 6.29 Å². The van der Waals surface area contributed by atoms with Gasteiger partial charge in [0, 0.05) is 11.1 Å². The molecule has 5 nitrogen and oxygen atoms in total. The van der Waals surface area contributed by atoms with Gasteiger partial charge in [0.1, 0.15) is 0 Å². The van der Waals surface area contributed by atoms with E-state index in [1.807, 2.05) is 0 Å². The third kappa shape index (κ3) is 3.07. The van der Waals surface area contributed by atoms with Crippen LogP contribution < -0.4 is 4.74 Å². The van der Waals surface area contributed by atoms with Crippen molar-refractivity contribution >= 4 is 18.3 Å². The highest BCUT2D eigenvalue weighted by Gasteiger charge is 2.10. The molecule has 0 heterocycles. The van der Waals surface area contributed by atoms with Gasteiger partial charge < -0.3 is 14.9 Å². The number of carboxylic acid groups (broad SMARTS) is 1. The SMILES string of the molecule is COc1ccc(C=O)c(C=CCC(=O)O)c1O. The smallest absolute Gasteiger partial charge is 0.307 e. The molecule has 0 atom stereocenters. The van der Waals surface area contributed by atoms with Gasteiger partial charge in [0.05, 0.1) is 13.5 Å². The van der Waals surface area contributed by atoms with E-state index in [2.05, 4.69) is 0 Å². The Balaban J connectivity index is 3.14. The average molecular weight is 236 g/mol. The zero-order valence-electron chi connectivity index (χ0n) is 9.21. The third-order valence-corrected chi connectivity index (χ3v) is 2.14. The van der Waals surface area contributed by atoms with Gasteiger partial charge >= 0.3 is 5.97 Å². The first kappa shape index (κ1) is 12.8. The van der Waals surface area contributed by atoms with Crippen LogP contribution in [-0.2, 0) is 4.79 Å². The normalized spacial score (nSPS) is 10.4. The minimum absolute atomic E-state index is 0.182.